The largest absolute Gasteiger partial charge is 0.416 e. The molecule has 1 aromatic rings. The van der Waals surface area contributed by atoms with Gasteiger partial charge in [0.05, 0.1) is 31.7 Å². The Bertz CT molecular complexity index is 509. The van der Waals surface area contributed by atoms with Crippen LogP contribution < -0.4 is 0 Å². The van der Waals surface area contributed by atoms with Crippen molar-refractivity contribution in [2.75, 3.05) is 0 Å². The van der Waals surface area contributed by atoms with E-state index in [0.29, 0.717) is 12.5 Å². The van der Waals surface area contributed by atoms with Gasteiger partial charge < -0.3 is 0 Å². The van der Waals surface area contributed by atoms with Crippen molar-refractivity contribution in [3.63, 3.8) is 0 Å². The molecule has 0 aliphatic rings. The van der Waals surface area contributed by atoms with Gasteiger partial charge in [0.15, 0.2) is 0 Å². The summed E-state index contributed by atoms with van der Waals surface area (Å²) in [6.07, 6.45) is -3.68. The molecule has 1 aromatic carbocycles. The topological polar surface area (TPSA) is 34.1 Å². The van der Waals surface area contributed by atoms with Crippen LogP contribution >= 0.6 is 21.2 Å². The van der Waals surface area contributed by atoms with Crippen LogP contribution in [0.25, 0.3) is 0 Å². The van der Waals surface area contributed by atoms with Crippen LogP contribution in [0.15, 0.2) is 23.1 Å². The Morgan fingerprint density at radius 3 is 2.29 bits per heavy atom. The predicted octanol–water partition coefficient (Wildman–Crippen LogP) is 3.78. The minimum absolute atomic E-state index is 0.129. The highest BCUT2D eigenvalue weighted by atomic mass is 127. The Labute approximate surface area is 110 Å². The molecule has 17 heavy (non-hydrogen) atoms. The number of rotatable bonds is 3. The van der Waals surface area contributed by atoms with Crippen molar-refractivity contribution in [1.29, 1.82) is 0 Å². The SMILES string of the molecule is CCCc1ccc(S(=O)(=O)I)cc1C(F)(F)F. The Balaban J connectivity index is 3.40. The average Bonchev–Trinajstić information content (AvgIpc) is 2.15. The Morgan fingerprint density at radius 1 is 1.29 bits per heavy atom. The lowest BCUT2D eigenvalue weighted by Crippen LogP contribution is -2.10. The van der Waals surface area contributed by atoms with Crippen molar-refractivity contribution in [2.45, 2.75) is 30.8 Å². The smallest absolute Gasteiger partial charge is 0.213 e. The maximum absolute atomic E-state index is 12.7. The molecule has 2 nitrogen and oxygen atoms in total. The monoisotopic (exact) mass is 378 g/mol. The molecule has 0 amide bonds. The fraction of sp³-hybridized carbons (Fsp3) is 0.400. The highest BCUT2D eigenvalue weighted by Gasteiger charge is 2.34. The van der Waals surface area contributed by atoms with E-state index < -0.39 is 18.7 Å². The van der Waals surface area contributed by atoms with E-state index in [4.69, 9.17) is 0 Å². The summed E-state index contributed by atoms with van der Waals surface area (Å²) in [5.41, 5.74) is -0.735. The number of hydrogen-bond acceptors (Lipinski definition) is 2. The van der Waals surface area contributed by atoms with Gasteiger partial charge in [-0.25, -0.2) is 8.42 Å². The summed E-state index contributed by atoms with van der Waals surface area (Å²) in [5.74, 6) is 0. The molecule has 0 aromatic heterocycles. The summed E-state index contributed by atoms with van der Waals surface area (Å²) >= 11 is 1.13. The van der Waals surface area contributed by atoms with Gasteiger partial charge in [0.1, 0.15) is 0 Å². The third kappa shape index (κ3) is 3.84. The lowest BCUT2D eigenvalue weighted by Gasteiger charge is -2.13. The van der Waals surface area contributed by atoms with E-state index in [1.165, 1.54) is 12.1 Å². The Kier molecular flexibility index (Phi) is 4.45. The zero-order valence-corrected chi connectivity index (χ0v) is 11.9. The Hall–Kier alpha value is -0.310. The van der Waals surface area contributed by atoms with Crippen LogP contribution in [0.2, 0.25) is 0 Å². The molecule has 0 bridgehead atoms. The fourth-order valence-corrected chi connectivity index (χ4v) is 2.77. The summed E-state index contributed by atoms with van der Waals surface area (Å²) in [5, 5.41) is 0. The van der Waals surface area contributed by atoms with Crippen molar-refractivity contribution < 1.29 is 21.6 Å². The standard InChI is InChI=1S/C10H10F3IO2S/c1-2-3-7-4-5-8(17(14,15)16)6-9(7)10(11,12)13/h4-6H,2-3H2,1H3. The maximum Gasteiger partial charge on any atom is 0.416 e. The molecule has 0 saturated carbocycles. The van der Waals surface area contributed by atoms with Crippen LogP contribution in [-0.2, 0) is 19.6 Å². The second-order valence-electron chi connectivity index (χ2n) is 3.50. The van der Waals surface area contributed by atoms with Gasteiger partial charge in [0.25, 0.3) is 0 Å². The summed E-state index contributed by atoms with van der Waals surface area (Å²) < 4.78 is 60.6. The second-order valence-corrected chi connectivity index (χ2v) is 8.33. The molecule has 0 N–H and O–H groups in total. The van der Waals surface area contributed by atoms with Crippen LogP contribution in [-0.4, -0.2) is 8.42 Å². The van der Waals surface area contributed by atoms with Gasteiger partial charge in [0.2, 0.25) is 7.01 Å². The van der Waals surface area contributed by atoms with Crippen LogP contribution in [0.4, 0.5) is 13.2 Å². The Morgan fingerprint density at radius 2 is 1.88 bits per heavy atom. The van der Waals surface area contributed by atoms with Crippen molar-refractivity contribution in [3.8, 4) is 0 Å². The molecule has 0 atom stereocenters. The maximum atomic E-state index is 12.7. The van der Waals surface area contributed by atoms with Crippen molar-refractivity contribution in [1.82, 2.24) is 0 Å². The number of aryl methyl sites for hydroxylation is 1. The molecule has 1 rings (SSSR count). The van der Waals surface area contributed by atoms with E-state index in [2.05, 4.69) is 0 Å². The average molecular weight is 378 g/mol. The predicted molar refractivity (Wildman–Crippen MR) is 66.6 cm³/mol. The van der Waals surface area contributed by atoms with Gasteiger partial charge in [-0.15, -0.1) is 0 Å². The van der Waals surface area contributed by atoms with Gasteiger partial charge >= 0.3 is 6.18 Å². The third-order valence-corrected chi connectivity index (χ3v) is 4.53. The van der Waals surface area contributed by atoms with Gasteiger partial charge in [-0.3, -0.25) is 0 Å². The molecule has 0 fully saturated rings. The van der Waals surface area contributed by atoms with Gasteiger partial charge in [0, 0.05) is 0 Å². The molecule has 0 unspecified atom stereocenters. The van der Waals surface area contributed by atoms with Crippen LogP contribution in [0.5, 0.6) is 0 Å². The van der Waals surface area contributed by atoms with E-state index in [9.17, 15) is 21.6 Å². The molecule has 0 aliphatic heterocycles. The summed E-state index contributed by atoms with van der Waals surface area (Å²) in [7, 11) is -3.65. The first-order valence-corrected chi connectivity index (χ1v) is 8.83. The second kappa shape index (κ2) is 5.13. The van der Waals surface area contributed by atoms with Crippen molar-refractivity contribution in [2.24, 2.45) is 0 Å². The van der Waals surface area contributed by atoms with E-state index in [0.717, 1.165) is 21.2 Å². The van der Waals surface area contributed by atoms with Crippen LogP contribution in [0, 0.1) is 0 Å². The first-order chi connectivity index (χ1) is 7.66. The molecule has 0 heterocycles. The van der Waals surface area contributed by atoms with E-state index in [1.54, 1.807) is 6.92 Å². The van der Waals surface area contributed by atoms with E-state index >= 15 is 0 Å². The van der Waals surface area contributed by atoms with E-state index in [-0.39, 0.29) is 16.9 Å². The van der Waals surface area contributed by atoms with Crippen LogP contribution in [0.3, 0.4) is 0 Å². The van der Waals surface area contributed by atoms with Gasteiger partial charge in [-0.05, 0) is 24.1 Å². The minimum atomic E-state index is -4.53. The molecule has 0 aliphatic carbocycles. The molecule has 96 valence electrons. The van der Waals surface area contributed by atoms with Gasteiger partial charge in [-0.2, -0.15) is 13.2 Å². The molecule has 7 heteroatoms. The van der Waals surface area contributed by atoms with Crippen molar-refractivity contribution >= 4 is 28.2 Å². The number of hydrogen-bond donors (Lipinski definition) is 0. The number of benzene rings is 1. The number of alkyl halides is 3. The zero-order valence-electron chi connectivity index (χ0n) is 8.88. The quantitative estimate of drug-likeness (QED) is 0.593. The summed E-state index contributed by atoms with van der Waals surface area (Å²) in [6, 6.07) is 3.15. The normalized spacial score (nSPS) is 12.8. The highest BCUT2D eigenvalue weighted by molar-refractivity contribution is 14.2. The molecule has 0 radical (unpaired) electrons. The first kappa shape index (κ1) is 14.7. The van der Waals surface area contributed by atoms with Gasteiger partial charge in [-0.1, -0.05) is 19.4 Å². The number of halogens is 4. The molecular weight excluding hydrogens is 368 g/mol. The molecule has 0 spiro atoms. The molecular formula is C10H10F3IO2S. The zero-order chi connectivity index (χ0) is 13.3. The minimum Gasteiger partial charge on any atom is -0.213 e. The van der Waals surface area contributed by atoms with Crippen LogP contribution in [0.1, 0.15) is 24.5 Å². The first-order valence-electron chi connectivity index (χ1n) is 4.81. The van der Waals surface area contributed by atoms with Crippen molar-refractivity contribution in [3.05, 3.63) is 29.3 Å². The fourth-order valence-electron chi connectivity index (χ4n) is 1.46. The van der Waals surface area contributed by atoms with E-state index in [1.807, 2.05) is 0 Å². The lowest BCUT2D eigenvalue weighted by molar-refractivity contribution is -0.138. The summed E-state index contributed by atoms with van der Waals surface area (Å²) in [4.78, 5) is -0.315. The molecule has 0 saturated heterocycles. The third-order valence-electron chi connectivity index (χ3n) is 2.19. The summed E-state index contributed by atoms with van der Waals surface area (Å²) in [6.45, 7) is 1.77. The highest BCUT2D eigenvalue weighted by Crippen LogP contribution is 2.35. The lowest BCUT2D eigenvalue weighted by atomic mass is 10.0.